The first kappa shape index (κ1) is 16.3. The summed E-state index contributed by atoms with van der Waals surface area (Å²) in [6, 6.07) is 6.97. The Kier molecular flexibility index (Phi) is 4.19. The van der Waals surface area contributed by atoms with Crippen molar-refractivity contribution in [3.63, 3.8) is 0 Å². The predicted molar refractivity (Wildman–Crippen MR) is 96.2 cm³/mol. The lowest BCUT2D eigenvalue weighted by Crippen LogP contribution is -2.09. The average Bonchev–Trinajstić information content (AvgIpc) is 3.00. The fourth-order valence-corrected chi connectivity index (χ4v) is 3.45. The molecule has 0 amide bonds. The van der Waals surface area contributed by atoms with Gasteiger partial charge in [0, 0.05) is 17.1 Å². The Balaban J connectivity index is 2.41. The number of halogens is 1. The summed E-state index contributed by atoms with van der Waals surface area (Å²) in [6.07, 6.45) is 3.20. The Morgan fingerprint density at radius 2 is 1.88 bits per heavy atom. The van der Waals surface area contributed by atoms with Crippen molar-refractivity contribution >= 4 is 22.1 Å². The molecule has 2 heterocycles. The molecule has 124 valence electrons. The number of rotatable bonds is 3. The summed E-state index contributed by atoms with van der Waals surface area (Å²) in [5.41, 5.74) is 4.50. The van der Waals surface area contributed by atoms with E-state index in [1.165, 1.54) is 6.21 Å². The predicted octanol–water partition coefficient (Wildman–Crippen LogP) is 3.77. The molecule has 0 radical (unpaired) electrons. The normalized spacial score (nSPS) is 11.5. The van der Waals surface area contributed by atoms with Gasteiger partial charge in [0.25, 0.3) is 0 Å². The van der Waals surface area contributed by atoms with Crippen molar-refractivity contribution in [2.45, 2.75) is 13.8 Å². The Labute approximate surface area is 147 Å². The standard InChI is InChI=1S/C17H17BrN4O2/c1-10-8-19-21(3)17(10)22-14(9-20-24)11(2)15(18)16(22)12-4-6-13(23)7-5-12/h4-9,23-24H,1-3H3. The van der Waals surface area contributed by atoms with E-state index < -0.39 is 0 Å². The van der Waals surface area contributed by atoms with Crippen LogP contribution in [0, 0.1) is 13.8 Å². The van der Waals surface area contributed by atoms with Gasteiger partial charge in [0.15, 0.2) is 0 Å². The summed E-state index contributed by atoms with van der Waals surface area (Å²) in [6.45, 7) is 3.93. The van der Waals surface area contributed by atoms with Gasteiger partial charge in [-0.25, -0.2) is 0 Å². The van der Waals surface area contributed by atoms with Crippen LogP contribution < -0.4 is 0 Å². The molecule has 0 bridgehead atoms. The molecule has 7 heteroatoms. The number of phenolic OH excluding ortho intramolecular Hbond substituents is 1. The summed E-state index contributed by atoms with van der Waals surface area (Å²) in [7, 11) is 1.87. The largest absolute Gasteiger partial charge is 0.508 e. The van der Waals surface area contributed by atoms with Crippen LogP contribution in [0.5, 0.6) is 5.75 Å². The molecule has 0 unspecified atom stereocenters. The van der Waals surface area contributed by atoms with Crippen LogP contribution in [0.2, 0.25) is 0 Å². The van der Waals surface area contributed by atoms with E-state index in [-0.39, 0.29) is 5.75 Å². The molecule has 0 saturated heterocycles. The maximum Gasteiger partial charge on any atom is 0.138 e. The number of aromatic nitrogens is 3. The van der Waals surface area contributed by atoms with Gasteiger partial charge in [0.2, 0.25) is 0 Å². The van der Waals surface area contributed by atoms with Crippen LogP contribution in [-0.2, 0) is 7.05 Å². The minimum Gasteiger partial charge on any atom is -0.508 e. The zero-order valence-electron chi connectivity index (χ0n) is 13.5. The molecule has 3 aromatic rings. The summed E-state index contributed by atoms with van der Waals surface area (Å²) < 4.78 is 4.66. The van der Waals surface area contributed by atoms with Gasteiger partial charge in [-0.05, 0) is 65.2 Å². The van der Waals surface area contributed by atoms with Crippen molar-refractivity contribution in [1.82, 2.24) is 14.3 Å². The zero-order valence-corrected chi connectivity index (χ0v) is 15.1. The molecule has 0 aliphatic carbocycles. The highest BCUT2D eigenvalue weighted by Crippen LogP contribution is 2.38. The fraction of sp³-hybridized carbons (Fsp3) is 0.176. The van der Waals surface area contributed by atoms with Crippen LogP contribution in [-0.4, -0.2) is 30.9 Å². The topological polar surface area (TPSA) is 75.6 Å². The highest BCUT2D eigenvalue weighted by atomic mass is 79.9. The van der Waals surface area contributed by atoms with E-state index in [2.05, 4.69) is 26.2 Å². The van der Waals surface area contributed by atoms with Crippen LogP contribution in [0.4, 0.5) is 0 Å². The van der Waals surface area contributed by atoms with Crippen LogP contribution in [0.3, 0.4) is 0 Å². The second-order valence-electron chi connectivity index (χ2n) is 5.57. The van der Waals surface area contributed by atoms with Gasteiger partial charge in [0.05, 0.1) is 23.8 Å². The number of nitrogens with zero attached hydrogens (tertiary/aromatic N) is 4. The summed E-state index contributed by atoms with van der Waals surface area (Å²) in [4.78, 5) is 0. The minimum atomic E-state index is 0.207. The fourth-order valence-electron chi connectivity index (χ4n) is 2.84. The van der Waals surface area contributed by atoms with Gasteiger partial charge in [0.1, 0.15) is 11.6 Å². The first-order chi connectivity index (χ1) is 11.5. The first-order valence-corrected chi connectivity index (χ1v) is 8.11. The van der Waals surface area contributed by atoms with Gasteiger partial charge < -0.3 is 10.3 Å². The molecule has 0 aliphatic rings. The molecule has 2 aromatic heterocycles. The second kappa shape index (κ2) is 6.16. The first-order valence-electron chi connectivity index (χ1n) is 7.32. The van der Waals surface area contributed by atoms with E-state index in [1.54, 1.807) is 23.0 Å². The number of phenols is 1. The minimum absolute atomic E-state index is 0.207. The molecule has 0 fully saturated rings. The lowest BCUT2D eigenvalue weighted by molar-refractivity contribution is 0.321. The Hall–Kier alpha value is -2.54. The maximum absolute atomic E-state index is 9.57. The molecule has 0 atom stereocenters. The van der Waals surface area contributed by atoms with Gasteiger partial charge in [-0.15, -0.1) is 0 Å². The Morgan fingerprint density at radius 1 is 1.21 bits per heavy atom. The van der Waals surface area contributed by atoms with Crippen LogP contribution >= 0.6 is 15.9 Å². The highest BCUT2D eigenvalue weighted by Gasteiger charge is 2.23. The van der Waals surface area contributed by atoms with Crippen molar-refractivity contribution in [2.24, 2.45) is 12.2 Å². The molecule has 6 nitrogen and oxygen atoms in total. The summed E-state index contributed by atoms with van der Waals surface area (Å²) >= 11 is 3.66. The van der Waals surface area contributed by atoms with Crippen molar-refractivity contribution in [2.75, 3.05) is 0 Å². The lowest BCUT2D eigenvalue weighted by Gasteiger charge is -2.14. The third kappa shape index (κ3) is 2.50. The summed E-state index contributed by atoms with van der Waals surface area (Å²) in [5.74, 6) is 1.08. The molecule has 2 N–H and O–H groups in total. The van der Waals surface area contributed by atoms with Crippen LogP contribution in [0.25, 0.3) is 17.1 Å². The van der Waals surface area contributed by atoms with Crippen molar-refractivity contribution in [1.29, 1.82) is 0 Å². The quantitative estimate of drug-likeness (QED) is 0.407. The highest BCUT2D eigenvalue weighted by molar-refractivity contribution is 9.10. The third-order valence-corrected chi connectivity index (χ3v) is 4.97. The number of aryl methyl sites for hydroxylation is 2. The van der Waals surface area contributed by atoms with E-state index in [9.17, 15) is 5.11 Å². The number of hydrogen-bond acceptors (Lipinski definition) is 4. The Morgan fingerprint density at radius 3 is 2.42 bits per heavy atom. The third-order valence-electron chi connectivity index (χ3n) is 4.00. The van der Waals surface area contributed by atoms with E-state index >= 15 is 0 Å². The molecule has 0 spiro atoms. The van der Waals surface area contributed by atoms with Crippen molar-refractivity contribution in [3.05, 3.63) is 51.8 Å². The summed E-state index contributed by atoms with van der Waals surface area (Å²) in [5, 5.41) is 26.2. The zero-order chi connectivity index (χ0) is 17.4. The molecule has 1 aromatic carbocycles. The van der Waals surface area contributed by atoms with E-state index in [1.807, 2.05) is 37.6 Å². The molecular formula is C17H17BrN4O2. The SMILES string of the molecule is Cc1cnn(C)c1-n1c(C=NO)c(C)c(Br)c1-c1ccc(O)cc1. The number of aromatic hydroxyl groups is 1. The molecule has 0 aliphatic heterocycles. The van der Waals surface area contributed by atoms with Crippen LogP contribution in [0.1, 0.15) is 16.8 Å². The Bertz CT molecular complexity index is 904. The maximum atomic E-state index is 9.57. The van der Waals surface area contributed by atoms with Crippen molar-refractivity contribution in [3.8, 4) is 22.8 Å². The monoisotopic (exact) mass is 388 g/mol. The van der Waals surface area contributed by atoms with Crippen molar-refractivity contribution < 1.29 is 10.3 Å². The molecular weight excluding hydrogens is 372 g/mol. The smallest absolute Gasteiger partial charge is 0.138 e. The van der Waals surface area contributed by atoms with E-state index in [0.717, 1.165) is 38.4 Å². The van der Waals surface area contributed by atoms with Gasteiger partial charge in [-0.1, -0.05) is 5.16 Å². The number of hydrogen-bond donors (Lipinski definition) is 2. The number of benzene rings is 1. The van der Waals surface area contributed by atoms with Gasteiger partial charge in [-0.2, -0.15) is 5.10 Å². The molecule has 24 heavy (non-hydrogen) atoms. The van der Waals surface area contributed by atoms with Gasteiger partial charge in [-0.3, -0.25) is 9.25 Å². The van der Waals surface area contributed by atoms with E-state index in [0.29, 0.717) is 0 Å². The average molecular weight is 389 g/mol. The van der Waals surface area contributed by atoms with Crippen LogP contribution in [0.15, 0.2) is 40.1 Å². The van der Waals surface area contributed by atoms with Gasteiger partial charge >= 0.3 is 0 Å². The molecule has 0 saturated carbocycles. The molecule has 3 rings (SSSR count). The van der Waals surface area contributed by atoms with E-state index in [4.69, 9.17) is 5.21 Å². The second-order valence-corrected chi connectivity index (χ2v) is 6.37. The lowest BCUT2D eigenvalue weighted by atomic mass is 10.1. The number of oxime groups is 1.